The molecule has 0 fully saturated rings. The number of halogens is 1. The minimum Gasteiger partial charge on any atom is -0.459 e. The van der Waals surface area contributed by atoms with Crippen LogP contribution in [0.25, 0.3) is 11.0 Å². The predicted octanol–water partition coefficient (Wildman–Crippen LogP) is 3.88. The maximum absolute atomic E-state index is 5.82. The third-order valence-electron chi connectivity index (χ3n) is 2.83. The van der Waals surface area contributed by atoms with Gasteiger partial charge in [0.25, 0.3) is 0 Å². The lowest BCUT2D eigenvalue weighted by Gasteiger charge is -2.10. The molecule has 4 heteroatoms. The third kappa shape index (κ3) is 3.34. The van der Waals surface area contributed by atoms with Crippen LogP contribution in [0, 0.1) is 0 Å². The fourth-order valence-electron chi connectivity index (χ4n) is 1.84. The summed E-state index contributed by atoms with van der Waals surface area (Å²) >= 11 is 3.46. The van der Waals surface area contributed by atoms with E-state index in [0.717, 1.165) is 41.0 Å². The molecule has 1 atom stereocenters. The minimum absolute atomic E-state index is 0.191. The quantitative estimate of drug-likeness (QED) is 0.822. The number of furan rings is 1. The molecule has 2 rings (SSSR count). The van der Waals surface area contributed by atoms with Gasteiger partial charge in [0.2, 0.25) is 0 Å². The standard InChI is InChI=1S/C14H18BrNO2/c1-3-17-7-6-16-10(2)14-9-11-8-12(15)4-5-13(11)18-14/h4-5,8-10,16H,3,6-7H2,1-2H3. The predicted molar refractivity (Wildman–Crippen MR) is 76.8 cm³/mol. The average Bonchev–Trinajstić information content (AvgIpc) is 2.77. The van der Waals surface area contributed by atoms with Gasteiger partial charge in [-0.25, -0.2) is 0 Å². The first-order chi connectivity index (χ1) is 8.70. The summed E-state index contributed by atoms with van der Waals surface area (Å²) in [5.41, 5.74) is 0.923. The van der Waals surface area contributed by atoms with Gasteiger partial charge in [0.05, 0.1) is 12.6 Å². The first kappa shape index (κ1) is 13.6. The second-order valence-corrected chi connectivity index (χ2v) is 5.12. The highest BCUT2D eigenvalue weighted by atomic mass is 79.9. The topological polar surface area (TPSA) is 34.4 Å². The first-order valence-electron chi connectivity index (χ1n) is 6.21. The lowest BCUT2D eigenvalue weighted by atomic mass is 10.2. The highest BCUT2D eigenvalue weighted by Crippen LogP contribution is 2.26. The van der Waals surface area contributed by atoms with Crippen molar-refractivity contribution in [1.82, 2.24) is 5.32 Å². The van der Waals surface area contributed by atoms with Gasteiger partial charge in [-0.15, -0.1) is 0 Å². The molecule has 0 saturated carbocycles. The summed E-state index contributed by atoms with van der Waals surface area (Å²) in [5.74, 6) is 0.958. The van der Waals surface area contributed by atoms with E-state index >= 15 is 0 Å². The molecule has 1 aromatic heterocycles. The van der Waals surface area contributed by atoms with E-state index in [1.165, 1.54) is 0 Å². The van der Waals surface area contributed by atoms with Gasteiger partial charge in [-0.1, -0.05) is 15.9 Å². The Hall–Kier alpha value is -0.840. The molecule has 0 aliphatic heterocycles. The summed E-state index contributed by atoms with van der Waals surface area (Å²) in [6.45, 7) is 6.41. The molecule has 0 radical (unpaired) electrons. The van der Waals surface area contributed by atoms with Crippen molar-refractivity contribution in [3.05, 3.63) is 34.5 Å². The molecule has 1 unspecified atom stereocenters. The van der Waals surface area contributed by atoms with Crippen LogP contribution in [0.3, 0.4) is 0 Å². The van der Waals surface area contributed by atoms with Crippen molar-refractivity contribution in [3.63, 3.8) is 0 Å². The maximum atomic E-state index is 5.82. The zero-order valence-electron chi connectivity index (χ0n) is 10.7. The number of rotatable bonds is 6. The van der Waals surface area contributed by atoms with Crippen molar-refractivity contribution >= 4 is 26.9 Å². The molecule has 1 N–H and O–H groups in total. The smallest absolute Gasteiger partial charge is 0.134 e. The van der Waals surface area contributed by atoms with Crippen molar-refractivity contribution in [2.24, 2.45) is 0 Å². The Morgan fingerprint density at radius 3 is 3.00 bits per heavy atom. The van der Waals surface area contributed by atoms with Gasteiger partial charge in [0.15, 0.2) is 0 Å². The highest BCUT2D eigenvalue weighted by molar-refractivity contribution is 9.10. The van der Waals surface area contributed by atoms with Crippen molar-refractivity contribution in [3.8, 4) is 0 Å². The van der Waals surface area contributed by atoms with E-state index in [0.29, 0.717) is 0 Å². The molecule has 98 valence electrons. The van der Waals surface area contributed by atoms with Crippen molar-refractivity contribution < 1.29 is 9.15 Å². The summed E-state index contributed by atoms with van der Waals surface area (Å²) < 4.78 is 12.2. The Labute approximate surface area is 116 Å². The Balaban J connectivity index is 2.01. The molecule has 0 bridgehead atoms. The van der Waals surface area contributed by atoms with Crippen LogP contribution in [-0.2, 0) is 4.74 Å². The zero-order chi connectivity index (χ0) is 13.0. The first-order valence-corrected chi connectivity index (χ1v) is 7.00. The van der Waals surface area contributed by atoms with Crippen LogP contribution in [0.15, 0.2) is 33.2 Å². The molecule has 0 aliphatic rings. The van der Waals surface area contributed by atoms with Crippen LogP contribution in [0.5, 0.6) is 0 Å². The van der Waals surface area contributed by atoms with Gasteiger partial charge in [0.1, 0.15) is 11.3 Å². The van der Waals surface area contributed by atoms with Crippen LogP contribution in [-0.4, -0.2) is 19.8 Å². The molecule has 0 saturated heterocycles. The SMILES string of the molecule is CCOCCNC(C)c1cc2cc(Br)ccc2o1. The van der Waals surface area contributed by atoms with Crippen LogP contribution in [0.2, 0.25) is 0 Å². The number of ether oxygens (including phenoxy) is 1. The van der Waals surface area contributed by atoms with Gasteiger partial charge in [-0.2, -0.15) is 0 Å². The number of benzene rings is 1. The van der Waals surface area contributed by atoms with Gasteiger partial charge in [0, 0.05) is 23.0 Å². The molecule has 0 amide bonds. The average molecular weight is 312 g/mol. The van der Waals surface area contributed by atoms with Crippen LogP contribution in [0.1, 0.15) is 25.6 Å². The van der Waals surface area contributed by atoms with Crippen LogP contribution in [0.4, 0.5) is 0 Å². The van der Waals surface area contributed by atoms with E-state index in [2.05, 4.69) is 40.3 Å². The summed E-state index contributed by atoms with van der Waals surface area (Å²) in [6, 6.07) is 8.31. The molecule has 0 spiro atoms. The Morgan fingerprint density at radius 2 is 2.22 bits per heavy atom. The normalized spacial score (nSPS) is 13.1. The van der Waals surface area contributed by atoms with Crippen LogP contribution >= 0.6 is 15.9 Å². The third-order valence-corrected chi connectivity index (χ3v) is 3.32. The maximum Gasteiger partial charge on any atom is 0.134 e. The van der Waals surface area contributed by atoms with E-state index < -0.39 is 0 Å². The number of nitrogens with one attached hydrogen (secondary N) is 1. The largest absolute Gasteiger partial charge is 0.459 e. The fourth-order valence-corrected chi connectivity index (χ4v) is 2.22. The molecule has 18 heavy (non-hydrogen) atoms. The van der Waals surface area contributed by atoms with E-state index in [9.17, 15) is 0 Å². The van der Waals surface area contributed by atoms with E-state index in [4.69, 9.17) is 9.15 Å². The Bertz CT molecular complexity index is 509. The monoisotopic (exact) mass is 311 g/mol. The highest BCUT2D eigenvalue weighted by Gasteiger charge is 2.10. The summed E-state index contributed by atoms with van der Waals surface area (Å²) in [7, 11) is 0. The molecule has 1 aromatic carbocycles. The zero-order valence-corrected chi connectivity index (χ0v) is 12.3. The van der Waals surface area contributed by atoms with E-state index in [-0.39, 0.29) is 6.04 Å². The fraction of sp³-hybridized carbons (Fsp3) is 0.429. The molecular weight excluding hydrogens is 294 g/mol. The van der Waals surface area contributed by atoms with Crippen molar-refractivity contribution in [2.45, 2.75) is 19.9 Å². The number of hydrogen-bond donors (Lipinski definition) is 1. The van der Waals surface area contributed by atoms with E-state index in [1.807, 2.05) is 19.1 Å². The number of fused-ring (bicyclic) bond motifs is 1. The second kappa shape index (κ2) is 6.36. The second-order valence-electron chi connectivity index (χ2n) is 4.20. The van der Waals surface area contributed by atoms with Gasteiger partial charge < -0.3 is 14.5 Å². The van der Waals surface area contributed by atoms with E-state index in [1.54, 1.807) is 0 Å². The molecule has 3 nitrogen and oxygen atoms in total. The molecule has 1 heterocycles. The summed E-state index contributed by atoms with van der Waals surface area (Å²) in [6.07, 6.45) is 0. The lowest BCUT2D eigenvalue weighted by Crippen LogP contribution is -2.22. The molecule has 2 aromatic rings. The minimum atomic E-state index is 0.191. The summed E-state index contributed by atoms with van der Waals surface area (Å²) in [5, 5.41) is 4.50. The number of hydrogen-bond acceptors (Lipinski definition) is 3. The lowest BCUT2D eigenvalue weighted by molar-refractivity contribution is 0.146. The van der Waals surface area contributed by atoms with Gasteiger partial charge in [-0.05, 0) is 38.1 Å². The Kier molecular flexibility index (Phi) is 4.80. The molecule has 0 aliphatic carbocycles. The van der Waals surface area contributed by atoms with Gasteiger partial charge in [-0.3, -0.25) is 0 Å². The summed E-state index contributed by atoms with van der Waals surface area (Å²) in [4.78, 5) is 0. The Morgan fingerprint density at radius 1 is 1.39 bits per heavy atom. The van der Waals surface area contributed by atoms with Crippen molar-refractivity contribution in [2.75, 3.05) is 19.8 Å². The van der Waals surface area contributed by atoms with Crippen LogP contribution < -0.4 is 5.32 Å². The van der Waals surface area contributed by atoms with Gasteiger partial charge >= 0.3 is 0 Å². The molecular formula is C14H18BrNO2. The van der Waals surface area contributed by atoms with Crippen molar-refractivity contribution in [1.29, 1.82) is 0 Å².